The molecule has 0 saturated carbocycles. The summed E-state index contributed by atoms with van der Waals surface area (Å²) in [5.41, 5.74) is 13.7. The van der Waals surface area contributed by atoms with E-state index >= 15 is 0 Å². The lowest BCUT2D eigenvalue weighted by Gasteiger charge is -2.14. The normalized spacial score (nSPS) is 11.9. The zero-order valence-corrected chi connectivity index (χ0v) is 33.1. The monoisotopic (exact) mass is 776 g/mol. The van der Waals surface area contributed by atoms with Crippen molar-refractivity contribution in [2.45, 2.75) is 0 Å². The Bertz CT molecular complexity index is 3830. The molecule has 61 heavy (non-hydrogen) atoms. The van der Waals surface area contributed by atoms with Crippen molar-refractivity contribution >= 4 is 76.2 Å². The number of aromatic nitrogens is 4. The van der Waals surface area contributed by atoms with Crippen LogP contribution >= 0.6 is 0 Å². The molecule has 0 radical (unpaired) electrons. The molecule has 0 unspecified atom stereocenters. The Hall–Kier alpha value is -8.21. The van der Waals surface area contributed by atoms with Crippen LogP contribution in [0, 0.1) is 0 Å². The first kappa shape index (κ1) is 33.7. The van der Waals surface area contributed by atoms with Gasteiger partial charge in [-0.1, -0.05) is 158 Å². The third-order valence-electron chi connectivity index (χ3n) is 12.6. The van der Waals surface area contributed by atoms with Crippen LogP contribution in [0.25, 0.3) is 116 Å². The summed E-state index contributed by atoms with van der Waals surface area (Å²) in [5.74, 6) is 0.926. The molecule has 284 valence electrons. The second kappa shape index (κ2) is 13.2. The van der Waals surface area contributed by atoms with Crippen molar-refractivity contribution in [2.75, 3.05) is 0 Å². The van der Waals surface area contributed by atoms with Crippen molar-refractivity contribution in [3.63, 3.8) is 0 Å². The molecule has 0 saturated heterocycles. The average molecular weight is 777 g/mol. The number of nitrogens with zero attached hydrogens (tertiary/aromatic N) is 4. The standard InChI is InChI=1S/C57H36N4/c1-3-15-37(16-4-1)38-27-29-40(30-28-38)59-51-25-13-11-21-45(51)49-36-54-50(35-53(49)59)46-22-12-14-26-52(46)60(54)41-31-33-42(34-32-41)61-56-48-24-10-8-20-44(48)43-19-7-9-23-47(43)55(56)58-57(61)39-17-5-2-6-18-39/h1-36H. The molecular weight excluding hydrogens is 741 g/mol. The van der Waals surface area contributed by atoms with Gasteiger partial charge in [0.15, 0.2) is 0 Å². The van der Waals surface area contributed by atoms with Gasteiger partial charge in [0.1, 0.15) is 5.82 Å². The smallest absolute Gasteiger partial charge is 0.145 e. The third kappa shape index (κ3) is 5.03. The molecule has 13 rings (SSSR count). The van der Waals surface area contributed by atoms with Crippen molar-refractivity contribution in [3.05, 3.63) is 218 Å². The van der Waals surface area contributed by atoms with Crippen LogP contribution in [0.5, 0.6) is 0 Å². The Morgan fingerprint density at radius 3 is 1.21 bits per heavy atom. The summed E-state index contributed by atoms with van der Waals surface area (Å²) in [4.78, 5) is 5.44. The van der Waals surface area contributed by atoms with Crippen LogP contribution in [0.1, 0.15) is 0 Å². The number of para-hydroxylation sites is 2. The molecule has 0 spiro atoms. The molecule has 0 atom stereocenters. The van der Waals surface area contributed by atoms with E-state index in [1.165, 1.54) is 70.9 Å². The van der Waals surface area contributed by atoms with Gasteiger partial charge in [-0.25, -0.2) is 4.98 Å². The lowest BCUT2D eigenvalue weighted by Crippen LogP contribution is -2.00. The Balaban J connectivity index is 1.02. The van der Waals surface area contributed by atoms with E-state index in [9.17, 15) is 0 Å². The van der Waals surface area contributed by atoms with Crippen LogP contribution in [0.15, 0.2) is 218 Å². The first-order valence-corrected chi connectivity index (χ1v) is 20.9. The second-order valence-corrected chi connectivity index (χ2v) is 15.9. The zero-order valence-electron chi connectivity index (χ0n) is 33.1. The van der Waals surface area contributed by atoms with E-state index in [-0.39, 0.29) is 0 Å². The van der Waals surface area contributed by atoms with Crippen LogP contribution in [0.3, 0.4) is 0 Å². The molecule has 0 bridgehead atoms. The van der Waals surface area contributed by atoms with Gasteiger partial charge in [-0.15, -0.1) is 0 Å². The Morgan fingerprint density at radius 1 is 0.262 bits per heavy atom. The molecule has 0 fully saturated rings. The van der Waals surface area contributed by atoms with E-state index in [0.717, 1.165) is 44.9 Å². The molecule has 4 heteroatoms. The maximum atomic E-state index is 5.44. The van der Waals surface area contributed by atoms with Gasteiger partial charge in [0.2, 0.25) is 0 Å². The van der Waals surface area contributed by atoms with Crippen molar-refractivity contribution in [3.8, 4) is 39.6 Å². The number of imidazole rings is 1. The van der Waals surface area contributed by atoms with E-state index < -0.39 is 0 Å². The summed E-state index contributed by atoms with van der Waals surface area (Å²) in [6.45, 7) is 0. The minimum absolute atomic E-state index is 0.926. The van der Waals surface area contributed by atoms with E-state index in [2.05, 4.69) is 232 Å². The van der Waals surface area contributed by atoms with Gasteiger partial charge >= 0.3 is 0 Å². The fourth-order valence-corrected chi connectivity index (χ4v) is 9.91. The molecule has 0 amide bonds. The van der Waals surface area contributed by atoms with Crippen LogP contribution < -0.4 is 0 Å². The summed E-state index contributed by atoms with van der Waals surface area (Å²) in [7, 11) is 0. The number of rotatable bonds is 5. The minimum Gasteiger partial charge on any atom is -0.309 e. The average Bonchev–Trinajstić information content (AvgIpc) is 4.00. The highest BCUT2D eigenvalue weighted by Crippen LogP contribution is 2.42. The highest BCUT2D eigenvalue weighted by molar-refractivity contribution is 6.24. The second-order valence-electron chi connectivity index (χ2n) is 15.9. The number of benzene rings is 10. The van der Waals surface area contributed by atoms with Crippen LogP contribution in [0.4, 0.5) is 0 Å². The minimum atomic E-state index is 0.926. The predicted molar refractivity (Wildman–Crippen MR) is 256 cm³/mol. The maximum absolute atomic E-state index is 5.44. The molecule has 0 aliphatic carbocycles. The zero-order chi connectivity index (χ0) is 40.0. The molecule has 0 aliphatic rings. The van der Waals surface area contributed by atoms with E-state index in [1.807, 2.05) is 0 Å². The third-order valence-corrected chi connectivity index (χ3v) is 12.6. The van der Waals surface area contributed by atoms with Gasteiger partial charge in [-0.05, 0) is 82.6 Å². The van der Waals surface area contributed by atoms with Crippen LogP contribution in [0.2, 0.25) is 0 Å². The largest absolute Gasteiger partial charge is 0.309 e. The quantitative estimate of drug-likeness (QED) is 0.160. The molecule has 0 aliphatic heterocycles. The van der Waals surface area contributed by atoms with Crippen LogP contribution in [-0.4, -0.2) is 18.7 Å². The highest BCUT2D eigenvalue weighted by Gasteiger charge is 2.22. The summed E-state index contributed by atoms with van der Waals surface area (Å²) in [6.07, 6.45) is 0. The predicted octanol–water partition coefficient (Wildman–Crippen LogP) is 14.9. The fourth-order valence-electron chi connectivity index (χ4n) is 9.91. The summed E-state index contributed by atoms with van der Waals surface area (Å²) < 4.78 is 7.22. The number of hydrogen-bond donors (Lipinski definition) is 0. The summed E-state index contributed by atoms with van der Waals surface area (Å²) >= 11 is 0. The van der Waals surface area contributed by atoms with Gasteiger partial charge < -0.3 is 9.13 Å². The lowest BCUT2D eigenvalue weighted by molar-refractivity contribution is 1.10. The van der Waals surface area contributed by atoms with Crippen molar-refractivity contribution < 1.29 is 0 Å². The van der Waals surface area contributed by atoms with Gasteiger partial charge in [-0.2, -0.15) is 0 Å². The topological polar surface area (TPSA) is 27.7 Å². The first-order chi connectivity index (χ1) is 30.3. The Kier molecular flexibility index (Phi) is 7.27. The lowest BCUT2D eigenvalue weighted by atomic mass is 10.00. The van der Waals surface area contributed by atoms with Gasteiger partial charge in [0.05, 0.1) is 33.1 Å². The molecule has 3 aromatic heterocycles. The van der Waals surface area contributed by atoms with Crippen molar-refractivity contribution in [1.29, 1.82) is 0 Å². The molecule has 13 aromatic rings. The Labute approximate surface area is 351 Å². The van der Waals surface area contributed by atoms with E-state index in [4.69, 9.17) is 4.98 Å². The van der Waals surface area contributed by atoms with E-state index in [0.29, 0.717) is 0 Å². The maximum Gasteiger partial charge on any atom is 0.145 e. The number of fused-ring (bicyclic) bond motifs is 12. The van der Waals surface area contributed by atoms with Crippen molar-refractivity contribution in [2.24, 2.45) is 0 Å². The highest BCUT2D eigenvalue weighted by atomic mass is 15.1. The molecule has 3 heterocycles. The van der Waals surface area contributed by atoms with Crippen molar-refractivity contribution in [1.82, 2.24) is 18.7 Å². The van der Waals surface area contributed by atoms with Gasteiger partial charge in [0, 0.05) is 54.9 Å². The fraction of sp³-hybridized carbons (Fsp3) is 0. The molecule has 10 aromatic carbocycles. The van der Waals surface area contributed by atoms with Gasteiger partial charge in [0.25, 0.3) is 0 Å². The van der Waals surface area contributed by atoms with E-state index in [1.54, 1.807) is 0 Å². The summed E-state index contributed by atoms with van der Waals surface area (Å²) in [6, 6.07) is 79.0. The SMILES string of the molecule is c1ccc(-c2ccc(-n3c4ccccc4c4cc5c(cc43)c3ccccc3n5-c3ccc(-n4c(-c5ccccc5)nc5c6ccccc6c6ccccc6c54)cc3)cc2)cc1. The number of hydrogen-bond acceptors (Lipinski definition) is 1. The molecular formula is C57H36N4. The molecule has 4 nitrogen and oxygen atoms in total. The Morgan fingerprint density at radius 2 is 0.656 bits per heavy atom. The van der Waals surface area contributed by atoms with Crippen LogP contribution in [-0.2, 0) is 0 Å². The first-order valence-electron chi connectivity index (χ1n) is 20.9. The van der Waals surface area contributed by atoms with Gasteiger partial charge in [-0.3, -0.25) is 4.57 Å². The molecule has 0 N–H and O–H groups in total. The summed E-state index contributed by atoms with van der Waals surface area (Å²) in [5, 5.41) is 9.71.